The summed E-state index contributed by atoms with van der Waals surface area (Å²) >= 11 is 0. The van der Waals surface area contributed by atoms with Crippen molar-refractivity contribution in [1.29, 1.82) is 0 Å². The number of carboxylic acid groups (broad SMARTS) is 2. The number of nitrogens with zero attached hydrogens (tertiary/aromatic N) is 2. The molecule has 0 aromatic carbocycles. The van der Waals surface area contributed by atoms with Gasteiger partial charge < -0.3 is 25.2 Å². The summed E-state index contributed by atoms with van der Waals surface area (Å²) in [4.78, 5) is 32.6. The first-order chi connectivity index (χ1) is 16.8. The topological polar surface area (TPSA) is 124 Å². The Hall–Kier alpha value is -1.67. The van der Waals surface area contributed by atoms with Gasteiger partial charge in [-0.3, -0.25) is 14.5 Å². The summed E-state index contributed by atoms with van der Waals surface area (Å²) in [6.45, 7) is 4.32. The predicted molar refractivity (Wildman–Crippen MR) is 147 cm³/mol. The van der Waals surface area contributed by atoms with Crippen molar-refractivity contribution < 1.29 is 29.1 Å². The van der Waals surface area contributed by atoms with E-state index in [-0.39, 0.29) is 18.5 Å². The number of carbonyl (C=O) groups excluding carboxylic acids is 2. The quantitative estimate of drug-likeness (QED) is 0.184. The van der Waals surface area contributed by atoms with Crippen molar-refractivity contribution >= 4 is 17.8 Å². The minimum absolute atomic E-state index is 0.0694. The van der Waals surface area contributed by atoms with Crippen LogP contribution < -0.4 is 10.8 Å². The zero-order valence-electron chi connectivity index (χ0n) is 24.7. The van der Waals surface area contributed by atoms with E-state index in [4.69, 9.17) is 10.8 Å². The van der Waals surface area contributed by atoms with Gasteiger partial charge in [0.05, 0.1) is 27.1 Å². The number of hydrogen-bond donors (Lipinski definition) is 2. The molecule has 1 amide bonds. The number of quaternary nitrogens is 1. The number of rotatable bonds is 20. The van der Waals surface area contributed by atoms with Crippen LogP contribution in [0.25, 0.3) is 0 Å². The lowest BCUT2D eigenvalue weighted by molar-refractivity contribution is -0.864. The highest BCUT2D eigenvalue weighted by Crippen LogP contribution is 2.12. The number of carboxylic acids is 2. The van der Waals surface area contributed by atoms with E-state index in [0.717, 1.165) is 19.3 Å². The molecular formula is C28H59N3O5. The summed E-state index contributed by atoms with van der Waals surface area (Å²) in [5.74, 6) is -1.89. The third kappa shape index (κ3) is 36.9. The maximum atomic E-state index is 10.5. The molecule has 8 nitrogen and oxygen atoms in total. The lowest BCUT2D eigenvalue weighted by Crippen LogP contribution is -2.45. The molecule has 36 heavy (non-hydrogen) atoms. The van der Waals surface area contributed by atoms with E-state index >= 15 is 0 Å². The average molecular weight is 518 g/mol. The third-order valence-corrected chi connectivity index (χ3v) is 5.60. The van der Waals surface area contributed by atoms with Crippen LogP contribution >= 0.6 is 0 Å². The standard InChI is InChI=1S/C16H33NO.C7H15NO2.C5H11NO2/c1-2-3-4-5-6-7-8-9-10-11-12-13-14-15-16(17)18;1-4-5-6(7(9)10)8(2)3;1-6(2,3)4-5(7)8/h2-15H2,1H3,(H2,17,18);6H,4-5H2,1-3H3,(H,9,10);4H2,1-3H3. The second-order valence-electron chi connectivity index (χ2n) is 10.9. The fourth-order valence-corrected chi connectivity index (χ4v) is 3.58. The van der Waals surface area contributed by atoms with Crippen LogP contribution in [0.2, 0.25) is 0 Å². The summed E-state index contributed by atoms with van der Waals surface area (Å²) in [5.41, 5.74) is 5.09. The zero-order valence-corrected chi connectivity index (χ0v) is 24.7. The highest BCUT2D eigenvalue weighted by molar-refractivity contribution is 5.73. The van der Waals surface area contributed by atoms with Crippen molar-refractivity contribution in [2.75, 3.05) is 41.8 Å². The lowest BCUT2D eigenvalue weighted by atomic mass is 10.0. The molecule has 0 saturated heterocycles. The molecule has 0 bridgehead atoms. The molecule has 0 aliphatic heterocycles. The van der Waals surface area contributed by atoms with Gasteiger partial charge in [0.25, 0.3) is 0 Å². The van der Waals surface area contributed by atoms with Crippen molar-refractivity contribution in [3.05, 3.63) is 0 Å². The molecule has 0 aromatic heterocycles. The van der Waals surface area contributed by atoms with Gasteiger partial charge in [-0.25, -0.2) is 0 Å². The van der Waals surface area contributed by atoms with E-state index < -0.39 is 11.9 Å². The molecule has 1 atom stereocenters. The number of likely N-dealkylation sites (N-methyl/N-ethyl adjacent to an activating group) is 2. The molecule has 0 aliphatic carbocycles. The van der Waals surface area contributed by atoms with Crippen LogP contribution in [0, 0.1) is 0 Å². The van der Waals surface area contributed by atoms with Crippen LogP contribution in [0.3, 0.4) is 0 Å². The van der Waals surface area contributed by atoms with Gasteiger partial charge in [0.2, 0.25) is 5.91 Å². The van der Waals surface area contributed by atoms with Gasteiger partial charge in [-0.2, -0.15) is 0 Å². The van der Waals surface area contributed by atoms with Gasteiger partial charge in [0.1, 0.15) is 12.6 Å². The molecular weight excluding hydrogens is 458 g/mol. The average Bonchev–Trinajstić information content (AvgIpc) is 2.73. The Balaban J connectivity index is -0.000000508. The number of hydrogen-bond acceptors (Lipinski definition) is 5. The van der Waals surface area contributed by atoms with E-state index in [1.807, 2.05) is 6.92 Å². The van der Waals surface area contributed by atoms with E-state index in [9.17, 15) is 19.5 Å². The number of unbranched alkanes of at least 4 members (excludes halogenated alkanes) is 12. The number of nitrogens with two attached hydrogens (primary N) is 1. The van der Waals surface area contributed by atoms with Gasteiger partial charge in [0.15, 0.2) is 0 Å². The van der Waals surface area contributed by atoms with Crippen LogP contribution in [0.1, 0.15) is 117 Å². The number of amides is 1. The van der Waals surface area contributed by atoms with Crippen molar-refractivity contribution in [2.45, 2.75) is 123 Å². The first-order valence-electron chi connectivity index (χ1n) is 14.0. The second kappa shape index (κ2) is 26.4. The summed E-state index contributed by atoms with van der Waals surface area (Å²) < 4.78 is 0.419. The van der Waals surface area contributed by atoms with Crippen molar-refractivity contribution in [3.8, 4) is 0 Å². The Morgan fingerprint density at radius 2 is 1.17 bits per heavy atom. The highest BCUT2D eigenvalue weighted by atomic mass is 16.4. The van der Waals surface area contributed by atoms with Gasteiger partial charge in [-0.1, -0.05) is 97.3 Å². The van der Waals surface area contributed by atoms with Crippen LogP contribution in [-0.2, 0) is 14.4 Å². The smallest absolute Gasteiger partial charge is 0.320 e. The first-order valence-corrected chi connectivity index (χ1v) is 14.0. The van der Waals surface area contributed by atoms with Gasteiger partial charge >= 0.3 is 5.97 Å². The highest BCUT2D eigenvalue weighted by Gasteiger charge is 2.17. The Morgan fingerprint density at radius 3 is 1.36 bits per heavy atom. The van der Waals surface area contributed by atoms with Gasteiger partial charge in [-0.15, -0.1) is 0 Å². The number of carbonyl (C=O) groups is 3. The molecule has 1 unspecified atom stereocenters. The molecule has 0 rings (SSSR count). The molecule has 0 saturated carbocycles. The van der Waals surface area contributed by atoms with E-state index in [1.165, 1.54) is 77.0 Å². The maximum Gasteiger partial charge on any atom is 0.320 e. The fraction of sp³-hybridized carbons (Fsp3) is 0.893. The summed E-state index contributed by atoms with van der Waals surface area (Å²) in [6, 6.07) is -0.315. The SMILES string of the molecule is CCCC(C(=O)O)N(C)C.CCCCCCCCCCCCCCCC(N)=O.C[N+](C)(C)CC(=O)[O-]. The molecule has 0 spiro atoms. The maximum absolute atomic E-state index is 10.5. The van der Waals surface area contributed by atoms with Crippen LogP contribution in [0.15, 0.2) is 0 Å². The Morgan fingerprint density at radius 1 is 0.778 bits per heavy atom. The molecule has 0 aromatic rings. The van der Waals surface area contributed by atoms with Gasteiger partial charge in [0, 0.05) is 6.42 Å². The van der Waals surface area contributed by atoms with Crippen LogP contribution in [0.5, 0.6) is 0 Å². The zero-order chi connectivity index (χ0) is 28.4. The first kappa shape index (κ1) is 38.9. The fourth-order valence-electron chi connectivity index (χ4n) is 3.58. The minimum Gasteiger partial charge on any atom is -0.544 e. The van der Waals surface area contributed by atoms with Crippen molar-refractivity contribution in [2.24, 2.45) is 5.73 Å². The Kier molecular flexibility index (Phi) is 28.5. The minimum atomic E-state index is -1.00. The van der Waals surface area contributed by atoms with E-state index in [2.05, 4.69) is 6.92 Å². The molecule has 3 N–H and O–H groups in total. The molecule has 0 radical (unpaired) electrons. The second-order valence-corrected chi connectivity index (χ2v) is 10.9. The van der Waals surface area contributed by atoms with E-state index in [0.29, 0.717) is 10.9 Å². The van der Waals surface area contributed by atoms with Gasteiger partial charge in [-0.05, 0) is 26.9 Å². The molecule has 216 valence electrons. The summed E-state index contributed by atoms with van der Waals surface area (Å²) in [6.07, 6.45) is 19.6. The van der Waals surface area contributed by atoms with E-state index in [1.54, 1.807) is 40.1 Å². The normalized spacial score (nSPS) is 11.7. The van der Waals surface area contributed by atoms with Crippen molar-refractivity contribution in [1.82, 2.24) is 4.90 Å². The van der Waals surface area contributed by atoms with Crippen LogP contribution in [0.4, 0.5) is 0 Å². The summed E-state index contributed by atoms with van der Waals surface area (Å²) in [5, 5.41) is 18.5. The molecule has 0 aliphatic rings. The lowest BCUT2D eigenvalue weighted by Gasteiger charge is -2.23. The third-order valence-electron chi connectivity index (χ3n) is 5.60. The Bertz CT molecular complexity index is 534. The van der Waals surface area contributed by atoms with Crippen LogP contribution in [-0.4, -0.2) is 80.2 Å². The van der Waals surface area contributed by atoms with Crippen molar-refractivity contribution in [3.63, 3.8) is 0 Å². The number of primary amides is 1. The Labute approximate surface area is 222 Å². The molecule has 0 heterocycles. The molecule has 0 fully saturated rings. The number of aliphatic carboxylic acids is 2. The largest absolute Gasteiger partial charge is 0.544 e. The monoisotopic (exact) mass is 517 g/mol. The molecule has 8 heteroatoms. The predicted octanol–water partition coefficient (Wildman–Crippen LogP) is 4.20. The summed E-state index contributed by atoms with van der Waals surface area (Å²) in [7, 11) is 8.98.